The van der Waals surface area contributed by atoms with E-state index in [-0.39, 0.29) is 10.3 Å². The number of hydrogen-bond donors (Lipinski definition) is 2. The Morgan fingerprint density at radius 1 is 1.24 bits per heavy atom. The zero-order chi connectivity index (χ0) is 16.1. The number of ether oxygens (including phenoxy) is 1. The van der Waals surface area contributed by atoms with Gasteiger partial charge in [-0.1, -0.05) is 33.8 Å². The van der Waals surface area contributed by atoms with Gasteiger partial charge in [-0.25, -0.2) is 13.1 Å². The van der Waals surface area contributed by atoms with Crippen molar-refractivity contribution < 1.29 is 13.2 Å². The predicted octanol–water partition coefficient (Wildman–Crippen LogP) is 2.13. The van der Waals surface area contributed by atoms with Crippen molar-refractivity contribution in [3.63, 3.8) is 0 Å². The van der Waals surface area contributed by atoms with Crippen molar-refractivity contribution in [2.24, 2.45) is 5.41 Å². The highest BCUT2D eigenvalue weighted by atomic mass is 32.2. The van der Waals surface area contributed by atoms with Crippen molar-refractivity contribution >= 4 is 10.0 Å². The Kier molecular flexibility index (Phi) is 6.19. The molecule has 0 aromatic heterocycles. The molecule has 0 atom stereocenters. The first-order valence-corrected chi connectivity index (χ1v) is 8.55. The third kappa shape index (κ3) is 5.65. The highest BCUT2D eigenvalue weighted by Gasteiger charge is 2.22. The molecule has 0 aliphatic carbocycles. The number of methoxy groups -OCH3 is 1. The van der Waals surface area contributed by atoms with Gasteiger partial charge in [-0.05, 0) is 29.7 Å². The average molecular weight is 314 g/mol. The second kappa shape index (κ2) is 7.24. The van der Waals surface area contributed by atoms with Gasteiger partial charge in [0.25, 0.3) is 0 Å². The molecule has 0 radical (unpaired) electrons. The molecule has 0 saturated heterocycles. The van der Waals surface area contributed by atoms with Crippen LogP contribution in [0.15, 0.2) is 23.1 Å². The second-order valence-electron chi connectivity index (χ2n) is 6.15. The monoisotopic (exact) mass is 314 g/mol. The van der Waals surface area contributed by atoms with E-state index in [1.807, 2.05) is 33.8 Å². The summed E-state index contributed by atoms with van der Waals surface area (Å²) in [7, 11) is -2.11. The van der Waals surface area contributed by atoms with Crippen molar-refractivity contribution in [2.45, 2.75) is 39.1 Å². The Balaban J connectivity index is 3.07. The summed E-state index contributed by atoms with van der Waals surface area (Å²) in [5.41, 5.74) is 0.788. The van der Waals surface area contributed by atoms with Crippen LogP contribution >= 0.6 is 0 Å². The Labute approximate surface area is 128 Å². The van der Waals surface area contributed by atoms with Crippen LogP contribution in [0.4, 0.5) is 0 Å². The summed E-state index contributed by atoms with van der Waals surface area (Å²) in [6, 6.07) is 5.22. The standard InChI is InChI=1S/C15H26N2O3S/c1-6-16-10-12-7-8-13(20-5)14(9-12)21(18,19)17-11-15(2,3)4/h7-9,16-17H,6,10-11H2,1-5H3. The van der Waals surface area contributed by atoms with Crippen LogP contribution in [0.5, 0.6) is 5.75 Å². The molecule has 0 spiro atoms. The fourth-order valence-corrected chi connectivity index (χ4v) is 3.20. The van der Waals surface area contributed by atoms with Crippen molar-refractivity contribution in [3.05, 3.63) is 23.8 Å². The van der Waals surface area contributed by atoms with E-state index in [2.05, 4.69) is 10.0 Å². The molecular formula is C15H26N2O3S. The Hall–Kier alpha value is -1.11. The fourth-order valence-electron chi connectivity index (χ4n) is 1.70. The summed E-state index contributed by atoms with van der Waals surface area (Å²) in [6.07, 6.45) is 0. The lowest BCUT2D eigenvalue weighted by Crippen LogP contribution is -2.32. The van der Waals surface area contributed by atoms with E-state index in [9.17, 15) is 8.42 Å². The van der Waals surface area contributed by atoms with E-state index in [0.29, 0.717) is 18.8 Å². The molecule has 1 rings (SSSR count). The lowest BCUT2D eigenvalue weighted by Gasteiger charge is -2.19. The van der Waals surface area contributed by atoms with E-state index < -0.39 is 10.0 Å². The van der Waals surface area contributed by atoms with Crippen LogP contribution in [0, 0.1) is 5.41 Å². The quantitative estimate of drug-likeness (QED) is 0.809. The summed E-state index contributed by atoms with van der Waals surface area (Å²) in [6.45, 7) is 9.78. The predicted molar refractivity (Wildman–Crippen MR) is 85.0 cm³/mol. The minimum Gasteiger partial charge on any atom is -0.495 e. The number of hydrogen-bond acceptors (Lipinski definition) is 4. The minimum absolute atomic E-state index is 0.123. The first-order valence-electron chi connectivity index (χ1n) is 7.07. The SMILES string of the molecule is CCNCc1ccc(OC)c(S(=O)(=O)NCC(C)(C)C)c1. The average Bonchev–Trinajstić information content (AvgIpc) is 2.42. The van der Waals surface area contributed by atoms with Crippen LogP contribution in [0.2, 0.25) is 0 Å². The molecule has 0 unspecified atom stereocenters. The topological polar surface area (TPSA) is 67.4 Å². The van der Waals surface area contributed by atoms with Crippen molar-refractivity contribution in [2.75, 3.05) is 20.2 Å². The van der Waals surface area contributed by atoms with E-state index in [1.54, 1.807) is 12.1 Å². The first-order chi connectivity index (χ1) is 9.69. The Bertz CT molecular complexity index is 563. The van der Waals surface area contributed by atoms with Crippen LogP contribution in [-0.4, -0.2) is 28.6 Å². The third-order valence-electron chi connectivity index (χ3n) is 2.89. The number of sulfonamides is 1. The number of rotatable bonds is 7. The van der Waals surface area contributed by atoms with E-state index >= 15 is 0 Å². The molecule has 21 heavy (non-hydrogen) atoms. The smallest absolute Gasteiger partial charge is 0.244 e. The molecule has 0 aliphatic rings. The van der Waals surface area contributed by atoms with Gasteiger partial charge in [0.05, 0.1) is 7.11 Å². The van der Waals surface area contributed by atoms with E-state index in [4.69, 9.17) is 4.74 Å². The van der Waals surface area contributed by atoms with Gasteiger partial charge < -0.3 is 10.1 Å². The van der Waals surface area contributed by atoms with Crippen molar-refractivity contribution in [1.29, 1.82) is 0 Å². The van der Waals surface area contributed by atoms with Gasteiger partial charge in [0, 0.05) is 13.1 Å². The van der Waals surface area contributed by atoms with Crippen LogP contribution in [0.25, 0.3) is 0 Å². The van der Waals surface area contributed by atoms with Crippen LogP contribution in [0.3, 0.4) is 0 Å². The van der Waals surface area contributed by atoms with Gasteiger partial charge in [-0.3, -0.25) is 0 Å². The largest absolute Gasteiger partial charge is 0.495 e. The molecule has 0 aliphatic heterocycles. The molecule has 120 valence electrons. The lowest BCUT2D eigenvalue weighted by molar-refractivity contribution is 0.396. The van der Waals surface area contributed by atoms with Crippen LogP contribution < -0.4 is 14.8 Å². The highest BCUT2D eigenvalue weighted by molar-refractivity contribution is 7.89. The molecule has 0 amide bonds. The minimum atomic E-state index is -3.59. The van der Waals surface area contributed by atoms with Crippen molar-refractivity contribution in [1.82, 2.24) is 10.0 Å². The summed E-state index contributed by atoms with van der Waals surface area (Å²) in [5.74, 6) is 0.358. The van der Waals surface area contributed by atoms with Gasteiger partial charge in [0.15, 0.2) is 0 Å². The molecule has 1 aromatic rings. The van der Waals surface area contributed by atoms with E-state index in [1.165, 1.54) is 7.11 Å². The van der Waals surface area contributed by atoms with Gasteiger partial charge in [0.1, 0.15) is 10.6 Å². The molecule has 1 aromatic carbocycles. The summed E-state index contributed by atoms with van der Waals surface area (Å²) in [4.78, 5) is 0.185. The lowest BCUT2D eigenvalue weighted by atomic mass is 9.98. The van der Waals surface area contributed by atoms with Crippen LogP contribution in [-0.2, 0) is 16.6 Å². The normalized spacial score (nSPS) is 12.4. The molecule has 0 saturated carbocycles. The Morgan fingerprint density at radius 2 is 1.90 bits per heavy atom. The van der Waals surface area contributed by atoms with Crippen molar-refractivity contribution in [3.8, 4) is 5.75 Å². The zero-order valence-electron chi connectivity index (χ0n) is 13.5. The van der Waals surface area contributed by atoms with E-state index in [0.717, 1.165) is 12.1 Å². The van der Waals surface area contributed by atoms with Gasteiger partial charge >= 0.3 is 0 Å². The second-order valence-corrected chi connectivity index (χ2v) is 7.89. The third-order valence-corrected chi connectivity index (χ3v) is 4.31. The molecule has 0 fully saturated rings. The van der Waals surface area contributed by atoms with Gasteiger partial charge in [-0.15, -0.1) is 0 Å². The fraction of sp³-hybridized carbons (Fsp3) is 0.600. The highest BCUT2D eigenvalue weighted by Crippen LogP contribution is 2.25. The zero-order valence-corrected chi connectivity index (χ0v) is 14.3. The summed E-state index contributed by atoms with van der Waals surface area (Å²) < 4.78 is 32.8. The molecule has 5 nitrogen and oxygen atoms in total. The Morgan fingerprint density at radius 3 is 2.43 bits per heavy atom. The molecule has 0 heterocycles. The maximum atomic E-state index is 12.5. The van der Waals surface area contributed by atoms with Crippen LogP contribution in [0.1, 0.15) is 33.3 Å². The molecule has 0 bridgehead atoms. The number of benzene rings is 1. The first kappa shape index (κ1) is 17.9. The summed E-state index contributed by atoms with van der Waals surface area (Å²) in [5, 5.41) is 3.18. The maximum Gasteiger partial charge on any atom is 0.244 e. The maximum absolute atomic E-state index is 12.5. The summed E-state index contributed by atoms with van der Waals surface area (Å²) >= 11 is 0. The molecular weight excluding hydrogens is 288 g/mol. The molecule has 6 heteroatoms. The van der Waals surface area contributed by atoms with Gasteiger partial charge in [0.2, 0.25) is 10.0 Å². The van der Waals surface area contributed by atoms with Gasteiger partial charge in [-0.2, -0.15) is 0 Å². The molecule has 2 N–H and O–H groups in total. The number of nitrogens with one attached hydrogen (secondary N) is 2.